The van der Waals surface area contributed by atoms with Crippen molar-refractivity contribution in [3.63, 3.8) is 0 Å². The number of nitrogens with one attached hydrogen (secondary N) is 1. The van der Waals surface area contributed by atoms with E-state index in [1.165, 1.54) is 20.3 Å². The third kappa shape index (κ3) is 11.7. The monoisotopic (exact) mass is 543 g/mol. The van der Waals surface area contributed by atoms with Gasteiger partial charge in [0.2, 0.25) is 5.91 Å². The van der Waals surface area contributed by atoms with Crippen molar-refractivity contribution in [1.82, 2.24) is 5.32 Å². The molecule has 5 atom stereocenters. The molecular formula is C28H49NO9. The van der Waals surface area contributed by atoms with Crippen molar-refractivity contribution < 1.29 is 42.9 Å². The minimum absolute atomic E-state index is 0.264. The largest absolute Gasteiger partial charge is 0.462 e. The van der Waals surface area contributed by atoms with E-state index in [9.17, 15) is 19.2 Å². The van der Waals surface area contributed by atoms with Crippen molar-refractivity contribution in [3.05, 3.63) is 0 Å². The quantitative estimate of drug-likeness (QED) is 0.208. The Balaban J connectivity index is 3.25. The van der Waals surface area contributed by atoms with Gasteiger partial charge in [-0.25, -0.2) is 0 Å². The zero-order chi connectivity index (χ0) is 29.1. The van der Waals surface area contributed by atoms with Gasteiger partial charge < -0.3 is 29.0 Å². The van der Waals surface area contributed by atoms with Crippen LogP contribution in [0.2, 0.25) is 0 Å². The standard InChI is InChI=1S/C28H49NO9/c1-10-11-12-13-14-15-16-34-24-21(29-18(2)30)23(36-19(3)31)22(38-26(33)28(7,8)9)20(37-24)17-35-25(32)27(4,5)6/h20-24H,10-17H2,1-9H3,(H,29,30)/t20-,21-,22+,23-,24-/m1/s1. The smallest absolute Gasteiger partial charge is 0.311 e. The first kappa shape index (κ1) is 33.8. The normalized spacial score (nSPS) is 23.9. The lowest BCUT2D eigenvalue weighted by Gasteiger charge is -2.45. The summed E-state index contributed by atoms with van der Waals surface area (Å²) in [4.78, 5) is 49.6. The van der Waals surface area contributed by atoms with Gasteiger partial charge in [-0.3, -0.25) is 19.2 Å². The molecule has 0 aliphatic carbocycles. The molecule has 38 heavy (non-hydrogen) atoms. The molecule has 220 valence electrons. The Morgan fingerprint density at radius 2 is 1.37 bits per heavy atom. The van der Waals surface area contributed by atoms with Crippen LogP contribution in [-0.4, -0.2) is 67.7 Å². The summed E-state index contributed by atoms with van der Waals surface area (Å²) in [7, 11) is 0. The summed E-state index contributed by atoms with van der Waals surface area (Å²) in [5, 5.41) is 2.74. The van der Waals surface area contributed by atoms with Crippen molar-refractivity contribution >= 4 is 23.8 Å². The number of hydrogen-bond acceptors (Lipinski definition) is 9. The molecular weight excluding hydrogens is 494 g/mol. The van der Waals surface area contributed by atoms with E-state index in [2.05, 4.69) is 12.2 Å². The van der Waals surface area contributed by atoms with Crippen LogP contribution < -0.4 is 5.32 Å². The van der Waals surface area contributed by atoms with Crippen molar-refractivity contribution in [2.45, 2.75) is 131 Å². The first-order valence-corrected chi connectivity index (χ1v) is 13.7. The fraction of sp³-hybridized carbons (Fsp3) is 0.857. The van der Waals surface area contributed by atoms with Gasteiger partial charge in [0.1, 0.15) is 18.8 Å². The molecule has 0 unspecified atom stereocenters. The van der Waals surface area contributed by atoms with E-state index in [0.717, 1.165) is 32.1 Å². The minimum Gasteiger partial charge on any atom is -0.462 e. The average molecular weight is 544 g/mol. The molecule has 1 aliphatic rings. The number of carbonyl (C=O) groups excluding carboxylic acids is 4. The van der Waals surface area contributed by atoms with Gasteiger partial charge in [-0.2, -0.15) is 0 Å². The van der Waals surface area contributed by atoms with E-state index >= 15 is 0 Å². The molecule has 0 spiro atoms. The summed E-state index contributed by atoms with van der Waals surface area (Å²) in [5.74, 6) is -2.07. The van der Waals surface area contributed by atoms with Gasteiger partial charge in [0, 0.05) is 20.5 Å². The van der Waals surface area contributed by atoms with E-state index in [1.807, 2.05) is 0 Å². The van der Waals surface area contributed by atoms with Gasteiger partial charge in [0.25, 0.3) is 0 Å². The van der Waals surface area contributed by atoms with Crippen LogP contribution in [0.15, 0.2) is 0 Å². The number of ether oxygens (including phenoxy) is 5. The summed E-state index contributed by atoms with van der Waals surface area (Å²) in [6.45, 7) is 15.0. The van der Waals surface area contributed by atoms with Crippen LogP contribution in [-0.2, 0) is 42.9 Å². The fourth-order valence-electron chi connectivity index (χ4n) is 3.80. The minimum atomic E-state index is -1.16. The van der Waals surface area contributed by atoms with Crippen molar-refractivity contribution in [2.75, 3.05) is 13.2 Å². The summed E-state index contributed by atoms with van der Waals surface area (Å²) in [6, 6.07) is -0.955. The first-order valence-electron chi connectivity index (χ1n) is 13.7. The molecule has 1 rings (SSSR count). The number of rotatable bonds is 13. The van der Waals surface area contributed by atoms with E-state index in [4.69, 9.17) is 23.7 Å². The van der Waals surface area contributed by atoms with Gasteiger partial charge in [0.15, 0.2) is 18.5 Å². The van der Waals surface area contributed by atoms with Gasteiger partial charge in [-0.05, 0) is 48.0 Å². The van der Waals surface area contributed by atoms with E-state index in [1.54, 1.807) is 41.5 Å². The van der Waals surface area contributed by atoms with Crippen molar-refractivity contribution in [2.24, 2.45) is 10.8 Å². The van der Waals surface area contributed by atoms with Gasteiger partial charge >= 0.3 is 17.9 Å². The maximum Gasteiger partial charge on any atom is 0.311 e. The van der Waals surface area contributed by atoms with E-state index < -0.39 is 65.3 Å². The van der Waals surface area contributed by atoms with Gasteiger partial charge in [-0.1, -0.05) is 39.0 Å². The third-order valence-corrected chi connectivity index (χ3v) is 5.94. The van der Waals surface area contributed by atoms with Crippen LogP contribution in [0, 0.1) is 10.8 Å². The molecule has 10 heteroatoms. The second-order valence-corrected chi connectivity index (χ2v) is 12.0. The molecule has 10 nitrogen and oxygen atoms in total. The molecule has 1 N–H and O–H groups in total. The topological polar surface area (TPSA) is 126 Å². The Labute approximate surface area is 227 Å². The molecule has 1 saturated heterocycles. The van der Waals surface area contributed by atoms with E-state index in [-0.39, 0.29) is 6.61 Å². The number of unbranched alkanes of at least 4 members (excludes halogenated alkanes) is 5. The summed E-state index contributed by atoms with van der Waals surface area (Å²) >= 11 is 0. The van der Waals surface area contributed by atoms with Crippen LogP contribution in [0.1, 0.15) is 101 Å². The SMILES string of the molecule is CCCCCCCCO[C@@H]1O[C@H](COC(=O)C(C)(C)C)[C@H](OC(=O)C(C)(C)C)[C@H](OC(C)=O)[C@H]1NC(C)=O. The zero-order valence-corrected chi connectivity index (χ0v) is 24.7. The Morgan fingerprint density at radius 1 is 0.789 bits per heavy atom. The highest BCUT2D eigenvalue weighted by Gasteiger charge is 2.52. The Hall–Kier alpha value is -2.20. The molecule has 0 radical (unpaired) electrons. The molecule has 1 heterocycles. The lowest BCUT2D eigenvalue weighted by molar-refractivity contribution is -0.280. The van der Waals surface area contributed by atoms with Crippen LogP contribution in [0.5, 0.6) is 0 Å². The Bertz CT molecular complexity index is 784. The number of hydrogen-bond donors (Lipinski definition) is 1. The average Bonchev–Trinajstić information content (AvgIpc) is 2.78. The predicted octanol–water partition coefficient (Wildman–Crippen LogP) is 4.07. The highest BCUT2D eigenvalue weighted by molar-refractivity contribution is 5.76. The molecule has 1 aliphatic heterocycles. The maximum absolute atomic E-state index is 12.9. The third-order valence-electron chi connectivity index (χ3n) is 5.94. The van der Waals surface area contributed by atoms with Crippen LogP contribution in [0.3, 0.4) is 0 Å². The summed E-state index contributed by atoms with van der Waals surface area (Å²) in [5.41, 5.74) is -1.64. The lowest BCUT2D eigenvalue weighted by Crippen LogP contribution is -2.67. The van der Waals surface area contributed by atoms with Gasteiger partial charge in [0.05, 0.1) is 10.8 Å². The fourth-order valence-corrected chi connectivity index (χ4v) is 3.80. The number of amides is 1. The van der Waals surface area contributed by atoms with Crippen LogP contribution >= 0.6 is 0 Å². The molecule has 0 saturated carbocycles. The maximum atomic E-state index is 12.9. The molecule has 0 aromatic carbocycles. The predicted molar refractivity (Wildman–Crippen MR) is 141 cm³/mol. The molecule has 1 fully saturated rings. The van der Waals surface area contributed by atoms with Crippen LogP contribution in [0.25, 0.3) is 0 Å². The highest BCUT2D eigenvalue weighted by atomic mass is 16.7. The molecule has 0 bridgehead atoms. The Morgan fingerprint density at radius 3 is 1.89 bits per heavy atom. The van der Waals surface area contributed by atoms with Gasteiger partial charge in [-0.15, -0.1) is 0 Å². The van der Waals surface area contributed by atoms with E-state index in [0.29, 0.717) is 6.61 Å². The highest BCUT2D eigenvalue weighted by Crippen LogP contribution is 2.30. The Kier molecular flexibility index (Phi) is 13.7. The number of carbonyl (C=O) groups is 4. The summed E-state index contributed by atoms with van der Waals surface area (Å²) in [6.07, 6.45) is 2.01. The second kappa shape index (κ2) is 15.4. The summed E-state index contributed by atoms with van der Waals surface area (Å²) < 4.78 is 29.1. The van der Waals surface area contributed by atoms with Crippen molar-refractivity contribution in [3.8, 4) is 0 Å². The molecule has 1 amide bonds. The molecule has 0 aromatic heterocycles. The number of esters is 3. The first-order chi connectivity index (χ1) is 17.6. The molecule has 0 aromatic rings. The van der Waals surface area contributed by atoms with Crippen molar-refractivity contribution in [1.29, 1.82) is 0 Å². The lowest BCUT2D eigenvalue weighted by atomic mass is 9.93. The zero-order valence-electron chi connectivity index (χ0n) is 24.7. The second-order valence-electron chi connectivity index (χ2n) is 12.0. The van der Waals surface area contributed by atoms with Crippen LogP contribution in [0.4, 0.5) is 0 Å².